The van der Waals surface area contributed by atoms with Gasteiger partial charge in [-0.1, -0.05) is 36.4 Å². The van der Waals surface area contributed by atoms with Gasteiger partial charge in [-0.05, 0) is 62.4 Å². The molecule has 0 bridgehead atoms. The summed E-state index contributed by atoms with van der Waals surface area (Å²) in [7, 11) is -3.48. The van der Waals surface area contributed by atoms with Crippen LogP contribution in [0, 0.1) is 19.8 Å². The summed E-state index contributed by atoms with van der Waals surface area (Å²) in [5.74, 6) is -0.154. The molecule has 1 aliphatic heterocycles. The summed E-state index contributed by atoms with van der Waals surface area (Å²) in [6.07, 6.45) is 1.08. The highest BCUT2D eigenvalue weighted by Crippen LogP contribution is 2.25. The van der Waals surface area contributed by atoms with Crippen molar-refractivity contribution >= 4 is 15.9 Å². The van der Waals surface area contributed by atoms with Gasteiger partial charge in [0.05, 0.1) is 10.9 Å². The lowest BCUT2D eigenvalue weighted by molar-refractivity contribution is -0.126. The number of sulfonamides is 1. The van der Waals surface area contributed by atoms with Crippen LogP contribution in [0.2, 0.25) is 0 Å². The molecule has 1 N–H and O–H groups in total. The Morgan fingerprint density at radius 2 is 1.68 bits per heavy atom. The Morgan fingerprint density at radius 3 is 2.29 bits per heavy atom. The fraction of sp³-hybridized carbons (Fsp3) is 0.409. The molecular weight excluding hydrogens is 372 g/mol. The maximum absolute atomic E-state index is 12.7. The SMILES string of the molecule is Cc1ccc([C@H](C)NC(=O)C2CCN(S(=O)(=O)c3ccccc3)CC2)cc1C. The third-order valence-corrected chi connectivity index (χ3v) is 7.51. The Balaban J connectivity index is 1.58. The molecular formula is C22H28N2O3S. The van der Waals surface area contributed by atoms with Crippen LogP contribution in [0.4, 0.5) is 0 Å². The summed E-state index contributed by atoms with van der Waals surface area (Å²) in [5.41, 5.74) is 3.52. The van der Waals surface area contributed by atoms with E-state index < -0.39 is 10.0 Å². The van der Waals surface area contributed by atoms with E-state index in [1.807, 2.05) is 13.0 Å². The molecule has 1 amide bonds. The fourth-order valence-corrected chi connectivity index (χ4v) is 5.04. The first kappa shape index (κ1) is 20.6. The molecule has 0 unspecified atom stereocenters. The van der Waals surface area contributed by atoms with Gasteiger partial charge in [0, 0.05) is 19.0 Å². The van der Waals surface area contributed by atoms with Gasteiger partial charge >= 0.3 is 0 Å². The first-order valence-electron chi connectivity index (χ1n) is 9.72. The molecule has 0 aliphatic carbocycles. The third kappa shape index (κ3) is 4.45. The topological polar surface area (TPSA) is 66.5 Å². The molecule has 1 fully saturated rings. The van der Waals surface area contributed by atoms with Crippen molar-refractivity contribution in [2.75, 3.05) is 13.1 Å². The lowest BCUT2D eigenvalue weighted by Crippen LogP contribution is -2.43. The van der Waals surface area contributed by atoms with Gasteiger partial charge in [0.15, 0.2) is 0 Å². The van der Waals surface area contributed by atoms with E-state index in [0.717, 1.165) is 5.56 Å². The molecule has 2 aromatic rings. The Morgan fingerprint density at radius 1 is 1.04 bits per heavy atom. The zero-order valence-corrected chi connectivity index (χ0v) is 17.5. The lowest BCUT2D eigenvalue weighted by atomic mass is 9.96. The summed E-state index contributed by atoms with van der Waals surface area (Å²) >= 11 is 0. The number of carbonyl (C=O) groups excluding carboxylic acids is 1. The minimum Gasteiger partial charge on any atom is -0.349 e. The first-order valence-corrected chi connectivity index (χ1v) is 11.2. The van der Waals surface area contributed by atoms with Crippen molar-refractivity contribution in [2.45, 2.75) is 44.6 Å². The van der Waals surface area contributed by atoms with Gasteiger partial charge < -0.3 is 5.32 Å². The number of rotatable bonds is 5. The number of nitrogens with zero attached hydrogens (tertiary/aromatic N) is 1. The molecule has 0 spiro atoms. The molecule has 1 heterocycles. The molecule has 2 aromatic carbocycles. The van der Waals surface area contributed by atoms with Crippen LogP contribution in [-0.2, 0) is 14.8 Å². The van der Waals surface area contributed by atoms with Crippen molar-refractivity contribution in [2.24, 2.45) is 5.92 Å². The summed E-state index contributed by atoms with van der Waals surface area (Å²) in [6, 6.07) is 14.6. The normalized spacial score (nSPS) is 17.2. The van der Waals surface area contributed by atoms with Gasteiger partial charge in [-0.2, -0.15) is 4.31 Å². The maximum Gasteiger partial charge on any atom is 0.243 e. The Hall–Kier alpha value is -2.18. The van der Waals surface area contributed by atoms with Crippen molar-refractivity contribution in [1.82, 2.24) is 9.62 Å². The molecule has 3 rings (SSSR count). The van der Waals surface area contributed by atoms with Crippen LogP contribution < -0.4 is 5.32 Å². The van der Waals surface area contributed by atoms with E-state index in [9.17, 15) is 13.2 Å². The summed E-state index contributed by atoms with van der Waals surface area (Å²) < 4.78 is 26.9. The Kier molecular flexibility index (Phi) is 6.20. The van der Waals surface area contributed by atoms with Crippen LogP contribution >= 0.6 is 0 Å². The number of aryl methyl sites for hydroxylation is 2. The van der Waals surface area contributed by atoms with Gasteiger partial charge in [-0.15, -0.1) is 0 Å². The fourth-order valence-electron chi connectivity index (χ4n) is 3.55. The highest BCUT2D eigenvalue weighted by atomic mass is 32.2. The summed E-state index contributed by atoms with van der Waals surface area (Å²) in [5, 5.41) is 3.09. The zero-order valence-electron chi connectivity index (χ0n) is 16.7. The van der Waals surface area contributed by atoms with Gasteiger partial charge in [-0.25, -0.2) is 8.42 Å². The van der Waals surface area contributed by atoms with Crippen LogP contribution in [0.3, 0.4) is 0 Å². The maximum atomic E-state index is 12.7. The minimum atomic E-state index is -3.48. The molecule has 1 aliphatic rings. The number of hydrogen-bond donors (Lipinski definition) is 1. The predicted molar refractivity (Wildman–Crippen MR) is 110 cm³/mol. The number of piperidine rings is 1. The van der Waals surface area contributed by atoms with Crippen LogP contribution in [0.1, 0.15) is 42.5 Å². The largest absolute Gasteiger partial charge is 0.349 e. The summed E-state index contributed by atoms with van der Waals surface area (Å²) in [6.45, 7) is 6.85. The first-order chi connectivity index (χ1) is 13.3. The number of hydrogen-bond acceptors (Lipinski definition) is 3. The molecule has 0 radical (unpaired) electrons. The van der Waals surface area contributed by atoms with E-state index >= 15 is 0 Å². The second-order valence-corrected chi connectivity index (χ2v) is 9.50. The predicted octanol–water partition coefficient (Wildman–Crippen LogP) is 3.58. The minimum absolute atomic E-state index is 0.00230. The van der Waals surface area contributed by atoms with Crippen LogP contribution in [0.25, 0.3) is 0 Å². The second-order valence-electron chi connectivity index (χ2n) is 7.57. The highest BCUT2D eigenvalue weighted by molar-refractivity contribution is 7.89. The van der Waals surface area contributed by atoms with E-state index in [2.05, 4.69) is 31.3 Å². The van der Waals surface area contributed by atoms with E-state index in [4.69, 9.17) is 0 Å². The number of benzene rings is 2. The third-order valence-electron chi connectivity index (χ3n) is 5.60. The molecule has 1 saturated heterocycles. The lowest BCUT2D eigenvalue weighted by Gasteiger charge is -2.31. The van der Waals surface area contributed by atoms with Crippen molar-refractivity contribution in [3.05, 3.63) is 65.2 Å². The molecule has 150 valence electrons. The van der Waals surface area contributed by atoms with E-state index in [1.165, 1.54) is 15.4 Å². The highest BCUT2D eigenvalue weighted by Gasteiger charge is 2.32. The smallest absolute Gasteiger partial charge is 0.243 e. The Labute approximate surface area is 167 Å². The molecule has 1 atom stereocenters. The second kappa shape index (κ2) is 8.45. The molecule has 0 aromatic heterocycles. The van der Waals surface area contributed by atoms with Crippen molar-refractivity contribution in [1.29, 1.82) is 0 Å². The van der Waals surface area contributed by atoms with Gasteiger partial charge in [-0.3, -0.25) is 4.79 Å². The summed E-state index contributed by atoms with van der Waals surface area (Å²) in [4.78, 5) is 13.0. The zero-order chi connectivity index (χ0) is 20.3. The Bertz CT molecular complexity index is 934. The van der Waals surface area contributed by atoms with E-state index in [-0.39, 0.29) is 17.9 Å². The van der Waals surface area contributed by atoms with Crippen LogP contribution in [0.15, 0.2) is 53.4 Å². The standard InChI is InChI=1S/C22H28N2O3S/c1-16-9-10-20(15-17(16)2)18(3)23-22(25)19-11-13-24(14-12-19)28(26,27)21-7-5-4-6-8-21/h4-10,15,18-19H,11-14H2,1-3H3,(H,23,25)/t18-/m0/s1. The van der Waals surface area contributed by atoms with Gasteiger partial charge in [0.1, 0.15) is 0 Å². The molecule has 6 heteroatoms. The van der Waals surface area contributed by atoms with Crippen molar-refractivity contribution < 1.29 is 13.2 Å². The van der Waals surface area contributed by atoms with Gasteiger partial charge in [0.2, 0.25) is 15.9 Å². The van der Waals surface area contributed by atoms with E-state index in [0.29, 0.717) is 30.8 Å². The van der Waals surface area contributed by atoms with Crippen molar-refractivity contribution in [3.8, 4) is 0 Å². The monoisotopic (exact) mass is 400 g/mol. The molecule has 5 nitrogen and oxygen atoms in total. The van der Waals surface area contributed by atoms with E-state index in [1.54, 1.807) is 30.3 Å². The molecule has 0 saturated carbocycles. The number of amides is 1. The van der Waals surface area contributed by atoms with Crippen LogP contribution in [-0.4, -0.2) is 31.7 Å². The van der Waals surface area contributed by atoms with Gasteiger partial charge in [0.25, 0.3) is 0 Å². The van der Waals surface area contributed by atoms with Crippen molar-refractivity contribution in [3.63, 3.8) is 0 Å². The molecule has 28 heavy (non-hydrogen) atoms. The number of nitrogens with one attached hydrogen (secondary N) is 1. The van der Waals surface area contributed by atoms with Crippen LogP contribution in [0.5, 0.6) is 0 Å². The number of carbonyl (C=O) groups is 1. The average molecular weight is 401 g/mol. The quantitative estimate of drug-likeness (QED) is 0.834. The average Bonchev–Trinajstić information content (AvgIpc) is 2.70.